The van der Waals surface area contributed by atoms with Crippen LogP contribution in [-0.2, 0) is 28.6 Å². The standard InChI is InChI=1S/C73H138O6/c1-4-7-10-13-16-19-22-25-27-29-31-33-34-35-36-37-38-39-40-41-43-44-46-48-51-54-57-60-63-66-72(75)78-69-70(68-77-71(74)65-62-59-56-53-50-24-21-18-15-12-9-6-3)79-73(76)67-64-61-58-55-52-49-47-45-42-32-30-28-26-23-20-17-14-11-8-5-2/h18,21,29,31,70H,4-17,19-20,22-28,30,32-69H2,1-3H3/b21-18-,31-29-. The molecular formula is C73H138O6. The van der Waals surface area contributed by atoms with E-state index in [9.17, 15) is 14.4 Å². The highest BCUT2D eigenvalue weighted by Crippen LogP contribution is 2.19. The Bertz CT molecular complexity index is 1270. The second-order valence-electron chi connectivity index (χ2n) is 24.5. The summed E-state index contributed by atoms with van der Waals surface area (Å²) in [4.78, 5) is 38.4. The third-order valence-corrected chi connectivity index (χ3v) is 16.4. The van der Waals surface area contributed by atoms with E-state index in [0.717, 1.165) is 64.2 Å². The second-order valence-corrected chi connectivity index (χ2v) is 24.5. The van der Waals surface area contributed by atoms with Gasteiger partial charge in [0.2, 0.25) is 0 Å². The zero-order valence-corrected chi connectivity index (χ0v) is 53.7. The van der Waals surface area contributed by atoms with Crippen molar-refractivity contribution in [2.75, 3.05) is 13.2 Å². The molecule has 1 unspecified atom stereocenters. The Morgan fingerprint density at radius 3 is 0.658 bits per heavy atom. The third-order valence-electron chi connectivity index (χ3n) is 16.4. The number of rotatable bonds is 67. The summed E-state index contributed by atoms with van der Waals surface area (Å²) in [5.74, 6) is -0.845. The molecule has 0 radical (unpaired) electrons. The van der Waals surface area contributed by atoms with E-state index >= 15 is 0 Å². The van der Waals surface area contributed by atoms with Gasteiger partial charge in [-0.25, -0.2) is 0 Å². The molecule has 0 aliphatic carbocycles. The zero-order chi connectivity index (χ0) is 57.1. The first-order chi connectivity index (χ1) is 39.0. The van der Waals surface area contributed by atoms with E-state index in [1.807, 2.05) is 0 Å². The predicted octanol–water partition coefficient (Wildman–Crippen LogP) is 24.6. The minimum absolute atomic E-state index is 0.0676. The van der Waals surface area contributed by atoms with Gasteiger partial charge in [-0.15, -0.1) is 0 Å². The molecule has 0 aliphatic rings. The van der Waals surface area contributed by atoms with Crippen molar-refractivity contribution in [2.45, 2.75) is 412 Å². The van der Waals surface area contributed by atoms with Gasteiger partial charge in [0.05, 0.1) is 0 Å². The molecule has 0 spiro atoms. The molecule has 0 amide bonds. The molecule has 0 fully saturated rings. The van der Waals surface area contributed by atoms with Gasteiger partial charge in [0, 0.05) is 19.3 Å². The molecule has 79 heavy (non-hydrogen) atoms. The molecule has 0 aliphatic heterocycles. The highest BCUT2D eigenvalue weighted by Gasteiger charge is 2.19. The maximum absolute atomic E-state index is 12.9. The van der Waals surface area contributed by atoms with Gasteiger partial charge in [0.1, 0.15) is 13.2 Å². The summed E-state index contributed by atoms with van der Waals surface area (Å²) < 4.78 is 17.0. The molecule has 0 saturated heterocycles. The molecule has 0 bridgehead atoms. The fraction of sp³-hybridized carbons (Fsp3) is 0.904. The lowest BCUT2D eigenvalue weighted by atomic mass is 10.0. The van der Waals surface area contributed by atoms with Crippen LogP contribution in [0.5, 0.6) is 0 Å². The molecule has 0 aromatic carbocycles. The zero-order valence-electron chi connectivity index (χ0n) is 53.7. The molecule has 0 rings (SSSR count). The van der Waals surface area contributed by atoms with E-state index < -0.39 is 6.10 Å². The van der Waals surface area contributed by atoms with Crippen LogP contribution in [-0.4, -0.2) is 37.2 Å². The quantitative estimate of drug-likeness (QED) is 0.0261. The number of carbonyl (C=O) groups is 3. The van der Waals surface area contributed by atoms with Gasteiger partial charge in [0.15, 0.2) is 6.10 Å². The molecule has 0 aromatic rings. The summed E-state index contributed by atoms with van der Waals surface area (Å²) in [6, 6.07) is 0. The van der Waals surface area contributed by atoms with Crippen molar-refractivity contribution in [1.82, 2.24) is 0 Å². The van der Waals surface area contributed by atoms with Crippen LogP contribution in [0.1, 0.15) is 406 Å². The number of allylic oxidation sites excluding steroid dienone is 4. The molecule has 466 valence electrons. The minimum atomic E-state index is -0.771. The first kappa shape index (κ1) is 76.9. The minimum Gasteiger partial charge on any atom is -0.462 e. The number of hydrogen-bond donors (Lipinski definition) is 0. The van der Waals surface area contributed by atoms with Gasteiger partial charge in [-0.2, -0.15) is 0 Å². The van der Waals surface area contributed by atoms with Crippen molar-refractivity contribution < 1.29 is 28.6 Å². The number of carbonyl (C=O) groups excluding carboxylic acids is 3. The summed E-state index contributed by atoms with van der Waals surface area (Å²) in [6.45, 7) is 6.69. The van der Waals surface area contributed by atoms with Crippen molar-refractivity contribution >= 4 is 17.9 Å². The SMILES string of the molecule is CCCCC/C=C\CCCCCCCC(=O)OCC(COC(=O)CCCCCCCCCCCCCCCCCCC/C=C\CCCCCCCCCC)OC(=O)CCCCCCCCCCCCCCCCCCCCCC. The topological polar surface area (TPSA) is 78.9 Å². The Labute approximate surface area is 493 Å². The number of esters is 3. The second kappa shape index (κ2) is 68.4. The van der Waals surface area contributed by atoms with Crippen molar-refractivity contribution in [1.29, 1.82) is 0 Å². The van der Waals surface area contributed by atoms with Crippen LogP contribution >= 0.6 is 0 Å². The van der Waals surface area contributed by atoms with E-state index in [2.05, 4.69) is 45.1 Å². The lowest BCUT2D eigenvalue weighted by molar-refractivity contribution is -0.167. The molecule has 0 saturated carbocycles. The van der Waals surface area contributed by atoms with E-state index in [4.69, 9.17) is 14.2 Å². The molecular weight excluding hydrogens is 973 g/mol. The van der Waals surface area contributed by atoms with E-state index in [0.29, 0.717) is 19.3 Å². The van der Waals surface area contributed by atoms with Crippen LogP contribution in [0.15, 0.2) is 24.3 Å². The smallest absolute Gasteiger partial charge is 0.306 e. The van der Waals surface area contributed by atoms with Crippen molar-refractivity contribution in [2.24, 2.45) is 0 Å². The van der Waals surface area contributed by atoms with Gasteiger partial charge in [-0.3, -0.25) is 14.4 Å². The molecule has 0 N–H and O–H groups in total. The van der Waals surface area contributed by atoms with E-state index in [1.54, 1.807) is 0 Å². The largest absolute Gasteiger partial charge is 0.462 e. The molecule has 0 heterocycles. The monoisotopic (exact) mass is 1110 g/mol. The Kier molecular flexibility index (Phi) is 66.6. The van der Waals surface area contributed by atoms with Gasteiger partial charge in [-0.05, 0) is 70.6 Å². The van der Waals surface area contributed by atoms with Crippen LogP contribution in [0.4, 0.5) is 0 Å². The summed E-state index contributed by atoms with van der Waals surface area (Å²) in [6.07, 6.45) is 83.6. The number of hydrogen-bond acceptors (Lipinski definition) is 6. The van der Waals surface area contributed by atoms with Gasteiger partial charge < -0.3 is 14.2 Å². The van der Waals surface area contributed by atoms with E-state index in [1.165, 1.54) is 302 Å². The van der Waals surface area contributed by atoms with Crippen LogP contribution in [0.25, 0.3) is 0 Å². The Balaban J connectivity index is 4.15. The first-order valence-electron chi connectivity index (χ1n) is 35.8. The van der Waals surface area contributed by atoms with Crippen LogP contribution < -0.4 is 0 Å². The summed E-state index contributed by atoms with van der Waals surface area (Å²) in [5, 5.41) is 0. The van der Waals surface area contributed by atoms with Crippen molar-refractivity contribution in [3.8, 4) is 0 Å². The van der Waals surface area contributed by atoms with Gasteiger partial charge >= 0.3 is 17.9 Å². The van der Waals surface area contributed by atoms with Gasteiger partial charge in [0.25, 0.3) is 0 Å². The fourth-order valence-electron chi connectivity index (χ4n) is 11.0. The normalized spacial score (nSPS) is 12.1. The van der Waals surface area contributed by atoms with Crippen molar-refractivity contribution in [3.05, 3.63) is 24.3 Å². The van der Waals surface area contributed by atoms with Crippen LogP contribution in [0.2, 0.25) is 0 Å². The lowest BCUT2D eigenvalue weighted by Crippen LogP contribution is -2.30. The van der Waals surface area contributed by atoms with Crippen LogP contribution in [0.3, 0.4) is 0 Å². The van der Waals surface area contributed by atoms with Gasteiger partial charge in [-0.1, -0.05) is 340 Å². The number of ether oxygens (including phenoxy) is 3. The molecule has 1 atom stereocenters. The fourth-order valence-corrected chi connectivity index (χ4v) is 11.0. The Hall–Kier alpha value is -2.11. The molecule has 6 nitrogen and oxygen atoms in total. The average Bonchev–Trinajstić information content (AvgIpc) is 3.45. The number of unbranched alkanes of at least 4 members (excludes halogenated alkanes) is 52. The Morgan fingerprint density at radius 2 is 0.418 bits per heavy atom. The van der Waals surface area contributed by atoms with Crippen LogP contribution in [0, 0.1) is 0 Å². The first-order valence-corrected chi connectivity index (χ1v) is 35.8. The van der Waals surface area contributed by atoms with E-state index in [-0.39, 0.29) is 31.1 Å². The molecule has 0 aromatic heterocycles. The summed E-state index contributed by atoms with van der Waals surface area (Å²) in [5.41, 5.74) is 0. The maximum atomic E-state index is 12.9. The summed E-state index contributed by atoms with van der Waals surface area (Å²) in [7, 11) is 0. The maximum Gasteiger partial charge on any atom is 0.306 e. The summed E-state index contributed by atoms with van der Waals surface area (Å²) >= 11 is 0. The predicted molar refractivity (Wildman–Crippen MR) is 344 cm³/mol. The van der Waals surface area contributed by atoms with Crippen molar-refractivity contribution in [3.63, 3.8) is 0 Å². The highest BCUT2D eigenvalue weighted by atomic mass is 16.6. The third kappa shape index (κ3) is 66.6. The Morgan fingerprint density at radius 1 is 0.241 bits per heavy atom. The average molecular weight is 1110 g/mol. The highest BCUT2D eigenvalue weighted by molar-refractivity contribution is 5.71. The lowest BCUT2D eigenvalue weighted by Gasteiger charge is -2.18. The molecule has 6 heteroatoms.